The fourth-order valence-electron chi connectivity index (χ4n) is 4.01. The van der Waals surface area contributed by atoms with Gasteiger partial charge in [0, 0.05) is 6.04 Å². The van der Waals surface area contributed by atoms with Gasteiger partial charge in [0.2, 0.25) is 0 Å². The van der Waals surface area contributed by atoms with Crippen LogP contribution in [0.25, 0.3) is 0 Å². The van der Waals surface area contributed by atoms with Crippen LogP contribution in [0.5, 0.6) is 0 Å². The largest absolute Gasteiger partial charge is 0.364 e. The lowest BCUT2D eigenvalue weighted by atomic mass is 9.68. The van der Waals surface area contributed by atoms with E-state index in [0.29, 0.717) is 11.7 Å². The molecule has 2 saturated carbocycles. The number of aromatic nitrogens is 2. The van der Waals surface area contributed by atoms with E-state index in [2.05, 4.69) is 4.98 Å². The number of carbonyl (C=O) groups is 1. The summed E-state index contributed by atoms with van der Waals surface area (Å²) in [7, 11) is 0. The number of amides is 1. The first kappa shape index (κ1) is 11.8. The van der Waals surface area contributed by atoms with Gasteiger partial charge in [-0.15, -0.1) is 0 Å². The molecule has 3 atom stereocenters. The van der Waals surface area contributed by atoms with Crippen LogP contribution in [0.4, 0.5) is 0 Å². The fraction of sp³-hybridized carbons (Fsp3) is 0.714. The number of imidazole rings is 1. The second-order valence-corrected chi connectivity index (χ2v) is 5.76. The highest BCUT2D eigenvalue weighted by molar-refractivity contribution is 5.90. The molecular formula is C14H21N3O. The summed E-state index contributed by atoms with van der Waals surface area (Å²) >= 11 is 0. The minimum atomic E-state index is -0.356. The zero-order valence-corrected chi connectivity index (χ0v) is 10.7. The van der Waals surface area contributed by atoms with E-state index in [0.717, 1.165) is 18.3 Å². The summed E-state index contributed by atoms with van der Waals surface area (Å²) in [5, 5.41) is 0. The van der Waals surface area contributed by atoms with Crippen molar-refractivity contribution >= 4 is 5.91 Å². The number of hydrogen-bond acceptors (Lipinski definition) is 2. The Labute approximate surface area is 108 Å². The molecule has 2 fully saturated rings. The molecule has 2 aliphatic carbocycles. The van der Waals surface area contributed by atoms with Crippen LogP contribution in [-0.4, -0.2) is 15.5 Å². The van der Waals surface area contributed by atoms with Gasteiger partial charge in [0.15, 0.2) is 0 Å². The van der Waals surface area contributed by atoms with E-state index in [-0.39, 0.29) is 5.91 Å². The zero-order valence-electron chi connectivity index (χ0n) is 10.7. The summed E-state index contributed by atoms with van der Waals surface area (Å²) in [5.74, 6) is 1.21. The molecule has 0 radical (unpaired) electrons. The molecule has 98 valence electrons. The highest BCUT2D eigenvalue weighted by Crippen LogP contribution is 2.46. The Morgan fingerprint density at radius 3 is 2.83 bits per heavy atom. The Morgan fingerprint density at radius 1 is 1.22 bits per heavy atom. The van der Waals surface area contributed by atoms with Crippen molar-refractivity contribution in [2.24, 2.45) is 17.6 Å². The number of nitrogens with two attached hydrogens (primary N) is 1. The van der Waals surface area contributed by atoms with Crippen LogP contribution < -0.4 is 5.73 Å². The smallest absolute Gasteiger partial charge is 0.266 e. The van der Waals surface area contributed by atoms with Gasteiger partial charge in [0.1, 0.15) is 5.69 Å². The summed E-state index contributed by atoms with van der Waals surface area (Å²) in [6.07, 6.45) is 12.6. The molecule has 1 unspecified atom stereocenters. The molecule has 1 aromatic rings. The van der Waals surface area contributed by atoms with E-state index in [4.69, 9.17) is 5.73 Å². The number of primary amides is 1. The van der Waals surface area contributed by atoms with Gasteiger partial charge in [-0.2, -0.15) is 0 Å². The highest BCUT2D eigenvalue weighted by Gasteiger charge is 2.36. The Kier molecular flexibility index (Phi) is 3.10. The lowest BCUT2D eigenvalue weighted by Gasteiger charge is -2.42. The van der Waals surface area contributed by atoms with Crippen molar-refractivity contribution in [2.75, 3.05) is 0 Å². The van der Waals surface area contributed by atoms with Crippen LogP contribution in [0, 0.1) is 11.8 Å². The Morgan fingerprint density at radius 2 is 2.00 bits per heavy atom. The van der Waals surface area contributed by atoms with Gasteiger partial charge < -0.3 is 10.3 Å². The quantitative estimate of drug-likeness (QED) is 0.872. The lowest BCUT2D eigenvalue weighted by Crippen LogP contribution is -2.34. The maximum atomic E-state index is 11.4. The van der Waals surface area contributed by atoms with Crippen molar-refractivity contribution in [1.82, 2.24) is 9.55 Å². The van der Waals surface area contributed by atoms with Gasteiger partial charge in [-0.3, -0.25) is 4.79 Å². The summed E-state index contributed by atoms with van der Waals surface area (Å²) < 4.78 is 2.05. The third-order valence-electron chi connectivity index (χ3n) is 4.81. The Bertz CT molecular complexity index is 438. The molecule has 4 heteroatoms. The minimum absolute atomic E-state index is 0.356. The standard InChI is InChI=1S/C14H21N3O/c15-14(18)13-8-16-9-17(13)12-7-3-5-10-4-1-2-6-11(10)12/h8-12H,1-7H2,(H2,15,18)/t10-,11?,12-/m1/s1. The minimum Gasteiger partial charge on any atom is -0.364 e. The van der Waals surface area contributed by atoms with Crippen LogP contribution in [0.2, 0.25) is 0 Å². The normalized spacial score (nSPS) is 31.9. The van der Waals surface area contributed by atoms with Crippen molar-refractivity contribution in [2.45, 2.75) is 51.0 Å². The predicted octanol–water partition coefficient (Wildman–Crippen LogP) is 2.51. The van der Waals surface area contributed by atoms with Crippen LogP contribution in [0.1, 0.15) is 61.5 Å². The zero-order chi connectivity index (χ0) is 12.5. The van der Waals surface area contributed by atoms with E-state index in [9.17, 15) is 4.79 Å². The molecule has 18 heavy (non-hydrogen) atoms. The average molecular weight is 247 g/mol. The van der Waals surface area contributed by atoms with E-state index < -0.39 is 0 Å². The molecule has 1 aromatic heterocycles. The number of hydrogen-bond donors (Lipinski definition) is 1. The van der Waals surface area contributed by atoms with Crippen molar-refractivity contribution < 1.29 is 4.79 Å². The number of nitrogens with zero attached hydrogens (tertiary/aromatic N) is 2. The lowest BCUT2D eigenvalue weighted by molar-refractivity contribution is 0.0933. The predicted molar refractivity (Wildman–Crippen MR) is 69.1 cm³/mol. The first-order valence-electron chi connectivity index (χ1n) is 7.09. The summed E-state index contributed by atoms with van der Waals surface area (Å²) in [4.78, 5) is 15.6. The van der Waals surface area contributed by atoms with E-state index >= 15 is 0 Å². The van der Waals surface area contributed by atoms with E-state index in [1.807, 2.05) is 4.57 Å². The maximum Gasteiger partial charge on any atom is 0.266 e. The highest BCUT2D eigenvalue weighted by atomic mass is 16.1. The number of fused-ring (bicyclic) bond motifs is 1. The molecular weight excluding hydrogens is 226 g/mol. The van der Waals surface area contributed by atoms with Gasteiger partial charge in [0.25, 0.3) is 5.91 Å². The van der Waals surface area contributed by atoms with Crippen LogP contribution in [0.15, 0.2) is 12.5 Å². The van der Waals surface area contributed by atoms with Gasteiger partial charge in [-0.05, 0) is 24.7 Å². The molecule has 4 nitrogen and oxygen atoms in total. The van der Waals surface area contributed by atoms with Crippen molar-refractivity contribution in [3.05, 3.63) is 18.2 Å². The second kappa shape index (κ2) is 4.75. The van der Waals surface area contributed by atoms with Crippen LogP contribution in [-0.2, 0) is 0 Å². The van der Waals surface area contributed by atoms with Crippen LogP contribution in [0.3, 0.4) is 0 Å². The summed E-state index contributed by atoms with van der Waals surface area (Å²) in [6, 6.07) is 0.439. The molecule has 0 saturated heterocycles. The Hall–Kier alpha value is -1.32. The molecule has 2 aliphatic rings. The topological polar surface area (TPSA) is 60.9 Å². The van der Waals surface area contributed by atoms with Crippen LogP contribution >= 0.6 is 0 Å². The average Bonchev–Trinajstić information content (AvgIpc) is 2.87. The molecule has 2 N–H and O–H groups in total. The van der Waals surface area contributed by atoms with Crippen molar-refractivity contribution in [3.8, 4) is 0 Å². The van der Waals surface area contributed by atoms with E-state index in [1.165, 1.54) is 38.5 Å². The molecule has 0 aliphatic heterocycles. The summed E-state index contributed by atoms with van der Waals surface area (Å²) in [6.45, 7) is 0. The maximum absolute atomic E-state index is 11.4. The van der Waals surface area contributed by atoms with Gasteiger partial charge in [0.05, 0.1) is 12.5 Å². The number of carbonyl (C=O) groups excluding carboxylic acids is 1. The first-order valence-corrected chi connectivity index (χ1v) is 7.09. The summed E-state index contributed by atoms with van der Waals surface area (Å²) in [5.41, 5.74) is 6.01. The monoisotopic (exact) mass is 247 g/mol. The fourth-order valence-corrected chi connectivity index (χ4v) is 4.01. The molecule has 0 aromatic carbocycles. The molecule has 0 spiro atoms. The Balaban J connectivity index is 1.89. The molecule has 1 heterocycles. The van der Waals surface area contributed by atoms with Gasteiger partial charge in [-0.25, -0.2) is 4.98 Å². The third-order valence-corrected chi connectivity index (χ3v) is 4.81. The van der Waals surface area contributed by atoms with Gasteiger partial charge in [-0.1, -0.05) is 32.1 Å². The third kappa shape index (κ3) is 1.93. The number of rotatable bonds is 2. The van der Waals surface area contributed by atoms with Gasteiger partial charge >= 0.3 is 0 Å². The van der Waals surface area contributed by atoms with Crippen molar-refractivity contribution in [1.29, 1.82) is 0 Å². The van der Waals surface area contributed by atoms with E-state index in [1.54, 1.807) is 12.5 Å². The molecule has 1 amide bonds. The SMILES string of the molecule is NC(=O)c1cncn1[C@@H]1CCC[C@H]2CCCCC21. The molecule has 3 rings (SSSR count). The van der Waals surface area contributed by atoms with Crippen molar-refractivity contribution in [3.63, 3.8) is 0 Å². The molecule has 0 bridgehead atoms. The first-order chi connectivity index (χ1) is 8.77. The second-order valence-electron chi connectivity index (χ2n) is 5.76.